The van der Waals surface area contributed by atoms with Crippen LogP contribution in [0.25, 0.3) is 6.08 Å². The molecule has 0 bridgehead atoms. The number of rotatable bonds is 7. The molecule has 0 heterocycles. The first-order valence-electron chi connectivity index (χ1n) is 8.50. The minimum Gasteiger partial charge on any atom is -0.205 e. The van der Waals surface area contributed by atoms with Crippen LogP contribution >= 0.6 is 0 Å². The van der Waals surface area contributed by atoms with E-state index in [0.29, 0.717) is 5.56 Å². The lowest BCUT2D eigenvalue weighted by Gasteiger charge is -2.22. The van der Waals surface area contributed by atoms with Crippen molar-refractivity contribution >= 4 is 36.1 Å². The van der Waals surface area contributed by atoms with Gasteiger partial charge in [0, 0.05) is 3.12 Å². The molecule has 0 N–H and O–H groups in total. The van der Waals surface area contributed by atoms with Gasteiger partial charge in [-0.25, -0.2) is 25.3 Å². The molecule has 0 amide bonds. The first kappa shape index (κ1) is 21.9. The molecule has 3 aromatic carbocycles. The normalized spacial score (nSPS) is 12.6. The molecule has 7 nitrogen and oxygen atoms in total. The zero-order valence-electron chi connectivity index (χ0n) is 15.5. The van der Waals surface area contributed by atoms with Crippen LogP contribution in [0.3, 0.4) is 0 Å². The van der Waals surface area contributed by atoms with E-state index in [0.717, 1.165) is 36.4 Å². The fourth-order valence-electron chi connectivity index (χ4n) is 2.61. The van der Waals surface area contributed by atoms with E-state index in [1.807, 2.05) is 0 Å². The second-order valence-electron chi connectivity index (χ2n) is 6.05. The van der Waals surface area contributed by atoms with E-state index in [4.69, 9.17) is 0 Å². The maximum Gasteiger partial charge on any atom is 0.270 e. The van der Waals surface area contributed by atoms with Gasteiger partial charge in [0.15, 0.2) is 0 Å². The van der Waals surface area contributed by atoms with Gasteiger partial charge < -0.3 is 0 Å². The minimum atomic E-state index is -5.01. The summed E-state index contributed by atoms with van der Waals surface area (Å²) < 4.78 is 79.2. The smallest absolute Gasteiger partial charge is 0.205 e. The highest BCUT2D eigenvalue weighted by molar-refractivity contribution is 8.17. The van der Waals surface area contributed by atoms with E-state index in [9.17, 15) is 25.3 Å². The number of sulfonamides is 3. The van der Waals surface area contributed by atoms with Gasteiger partial charge >= 0.3 is 0 Å². The molecule has 3 aromatic rings. The van der Waals surface area contributed by atoms with Crippen molar-refractivity contribution in [1.29, 1.82) is 0 Å². The van der Waals surface area contributed by atoms with Gasteiger partial charge in [-0.3, -0.25) is 0 Å². The fraction of sp³-hybridized carbons (Fsp3) is 0. The third-order valence-corrected chi connectivity index (χ3v) is 11.4. The lowest BCUT2D eigenvalue weighted by Crippen LogP contribution is -2.41. The highest BCUT2D eigenvalue weighted by Gasteiger charge is 2.47. The summed E-state index contributed by atoms with van der Waals surface area (Å²) in [6, 6.07) is 18.0. The highest BCUT2D eigenvalue weighted by Crippen LogP contribution is 2.31. The second kappa shape index (κ2) is 8.15. The Morgan fingerprint density at radius 1 is 0.533 bits per heavy atom. The molecule has 0 aliphatic rings. The van der Waals surface area contributed by atoms with Gasteiger partial charge in [0.25, 0.3) is 30.1 Å². The van der Waals surface area contributed by atoms with Crippen LogP contribution in [0, 0.1) is 0 Å². The van der Waals surface area contributed by atoms with Crippen molar-refractivity contribution in [2.75, 3.05) is 0 Å². The molecule has 0 saturated carbocycles. The standard InChI is InChI=1S/C20H17NO6S3/c1-2-17-13-15-20(16-14-17)30(26,27)21(28(22,23)18-9-5-3-6-10-18)29(24,25)19-11-7-4-8-12-19/h2-16H,1H2. The zero-order valence-corrected chi connectivity index (χ0v) is 17.9. The van der Waals surface area contributed by atoms with Crippen molar-refractivity contribution < 1.29 is 25.3 Å². The fourth-order valence-corrected chi connectivity index (χ4v) is 9.25. The van der Waals surface area contributed by atoms with E-state index in [1.165, 1.54) is 54.6 Å². The average Bonchev–Trinajstić information content (AvgIpc) is 2.74. The Kier molecular flexibility index (Phi) is 5.95. The first-order valence-corrected chi connectivity index (χ1v) is 12.8. The van der Waals surface area contributed by atoms with E-state index >= 15 is 0 Å². The Balaban J connectivity index is 2.31. The van der Waals surface area contributed by atoms with Crippen LogP contribution in [0.2, 0.25) is 0 Å². The van der Waals surface area contributed by atoms with Crippen LogP contribution in [0.4, 0.5) is 0 Å². The van der Waals surface area contributed by atoms with Gasteiger partial charge in [-0.05, 0) is 42.0 Å². The Morgan fingerprint density at radius 3 is 1.20 bits per heavy atom. The summed E-state index contributed by atoms with van der Waals surface area (Å²) in [7, 11) is -15.0. The summed E-state index contributed by atoms with van der Waals surface area (Å²) in [6.07, 6.45) is 1.47. The molecule has 3 rings (SSSR count). The van der Waals surface area contributed by atoms with Crippen LogP contribution < -0.4 is 0 Å². The maximum atomic E-state index is 13.3. The first-order chi connectivity index (χ1) is 14.1. The largest absolute Gasteiger partial charge is 0.270 e. The van der Waals surface area contributed by atoms with E-state index in [2.05, 4.69) is 6.58 Å². The third-order valence-electron chi connectivity index (χ3n) is 4.08. The van der Waals surface area contributed by atoms with E-state index in [-0.39, 0.29) is 0 Å². The van der Waals surface area contributed by atoms with Crippen LogP contribution in [-0.4, -0.2) is 28.4 Å². The highest BCUT2D eigenvalue weighted by atomic mass is 32.3. The zero-order chi connectivity index (χ0) is 22.0. The second-order valence-corrected chi connectivity index (χ2v) is 12.1. The summed E-state index contributed by atoms with van der Waals surface area (Å²) in [6.45, 7) is 3.56. The molecule has 0 aromatic heterocycles. The van der Waals surface area contributed by atoms with Crippen LogP contribution in [-0.2, 0) is 30.1 Å². The Labute approximate surface area is 176 Å². The Hall–Kier alpha value is -2.79. The van der Waals surface area contributed by atoms with Crippen molar-refractivity contribution in [3.05, 3.63) is 97.1 Å². The SMILES string of the molecule is C=Cc1ccc(S(=O)(=O)N(S(=O)(=O)c2ccccc2)S(=O)(=O)c2ccccc2)cc1. The van der Waals surface area contributed by atoms with Gasteiger partial charge in [0.1, 0.15) is 0 Å². The van der Waals surface area contributed by atoms with Crippen molar-refractivity contribution in [3.8, 4) is 0 Å². The van der Waals surface area contributed by atoms with Crippen LogP contribution in [0.5, 0.6) is 0 Å². The van der Waals surface area contributed by atoms with Crippen LogP contribution in [0.1, 0.15) is 5.56 Å². The summed E-state index contributed by atoms with van der Waals surface area (Å²) in [5.74, 6) is 0. The molecule has 156 valence electrons. The van der Waals surface area contributed by atoms with Gasteiger partial charge in [-0.2, -0.15) is 0 Å². The lowest BCUT2D eigenvalue weighted by atomic mass is 10.2. The minimum absolute atomic E-state index is 0.416. The predicted molar refractivity (Wildman–Crippen MR) is 113 cm³/mol. The monoisotopic (exact) mass is 463 g/mol. The Morgan fingerprint density at radius 2 is 0.867 bits per heavy atom. The van der Waals surface area contributed by atoms with E-state index < -0.39 is 47.9 Å². The van der Waals surface area contributed by atoms with E-state index in [1.54, 1.807) is 0 Å². The van der Waals surface area contributed by atoms with Gasteiger partial charge in [0.05, 0.1) is 14.7 Å². The number of hydrogen-bond donors (Lipinski definition) is 0. The molecule has 0 saturated heterocycles. The maximum absolute atomic E-state index is 13.3. The molecular weight excluding hydrogens is 446 g/mol. The van der Waals surface area contributed by atoms with Crippen molar-refractivity contribution in [3.63, 3.8) is 0 Å². The predicted octanol–water partition coefficient (Wildman–Crippen LogP) is 3.10. The molecule has 0 aliphatic heterocycles. The van der Waals surface area contributed by atoms with Crippen molar-refractivity contribution in [2.45, 2.75) is 14.7 Å². The van der Waals surface area contributed by atoms with Crippen LogP contribution in [0.15, 0.2) is 106 Å². The molecule has 0 unspecified atom stereocenters. The molecule has 0 spiro atoms. The molecule has 0 aliphatic carbocycles. The molecule has 0 atom stereocenters. The van der Waals surface area contributed by atoms with Gasteiger partial charge in [0.2, 0.25) is 0 Å². The molecule has 0 radical (unpaired) electrons. The number of hydrogen-bond acceptors (Lipinski definition) is 6. The molecule has 10 heteroatoms. The molecular formula is C20H17NO6S3. The summed E-state index contributed by atoms with van der Waals surface area (Å²) in [4.78, 5) is -1.45. The quantitative estimate of drug-likeness (QED) is 0.533. The summed E-state index contributed by atoms with van der Waals surface area (Å²) >= 11 is 0. The van der Waals surface area contributed by atoms with Crippen molar-refractivity contribution in [2.24, 2.45) is 0 Å². The summed E-state index contributed by atoms with van der Waals surface area (Å²) in [5.41, 5.74) is 0.581. The molecule has 30 heavy (non-hydrogen) atoms. The van der Waals surface area contributed by atoms with Gasteiger partial charge in [-0.1, -0.05) is 61.2 Å². The topological polar surface area (TPSA) is 106 Å². The molecule has 0 fully saturated rings. The van der Waals surface area contributed by atoms with Crippen molar-refractivity contribution in [1.82, 2.24) is 3.12 Å². The summed E-state index contributed by atoms with van der Waals surface area (Å²) in [5, 5.41) is 0. The Bertz CT molecular complexity index is 1300. The lowest BCUT2D eigenvalue weighted by molar-refractivity contribution is 0.529. The van der Waals surface area contributed by atoms with Gasteiger partial charge in [-0.15, -0.1) is 0 Å². The number of benzene rings is 3. The number of nitrogens with zero attached hydrogens (tertiary/aromatic N) is 1. The third kappa shape index (κ3) is 3.94. The average molecular weight is 464 g/mol.